The van der Waals surface area contributed by atoms with Crippen LogP contribution in [0.5, 0.6) is 0 Å². The van der Waals surface area contributed by atoms with Crippen molar-refractivity contribution in [3.63, 3.8) is 0 Å². The Kier molecular flexibility index (Phi) is 5.38. The fraction of sp³-hybridized carbons (Fsp3) is 1.00. The van der Waals surface area contributed by atoms with Crippen molar-refractivity contribution in [2.75, 3.05) is 33.0 Å². The molecule has 1 N–H and O–H groups in total. The van der Waals surface area contributed by atoms with Gasteiger partial charge in [0.15, 0.2) is 6.61 Å². The Morgan fingerprint density at radius 2 is 2.31 bits per heavy atom. The molecule has 1 rings (SSSR count). The van der Waals surface area contributed by atoms with Crippen molar-refractivity contribution in [2.24, 2.45) is 0 Å². The Morgan fingerprint density at radius 3 is 2.92 bits per heavy atom. The van der Waals surface area contributed by atoms with Gasteiger partial charge in [0.05, 0.1) is 26.4 Å². The molecule has 0 bridgehead atoms. The molecule has 1 heterocycles. The second-order valence-corrected chi connectivity index (χ2v) is 3.18. The van der Waals surface area contributed by atoms with Gasteiger partial charge in [0, 0.05) is 4.57 Å². The van der Waals surface area contributed by atoms with Gasteiger partial charge in [0.2, 0.25) is 6.29 Å². The molecular weight excluding hydrogens is 199 g/mol. The quantitative estimate of drug-likeness (QED) is 0.494. The van der Waals surface area contributed by atoms with E-state index in [1.807, 2.05) is 0 Å². The SMILES string of the molecule is O=[P+]1OCC(OCCOCCO)O1. The first kappa shape index (κ1) is 11.0. The van der Waals surface area contributed by atoms with Gasteiger partial charge in [0.25, 0.3) is 0 Å². The van der Waals surface area contributed by atoms with Gasteiger partial charge >= 0.3 is 8.25 Å². The highest BCUT2D eigenvalue weighted by molar-refractivity contribution is 7.33. The van der Waals surface area contributed by atoms with Crippen LogP contribution in [0, 0.1) is 0 Å². The zero-order chi connectivity index (χ0) is 9.52. The lowest BCUT2D eigenvalue weighted by atomic mass is 10.6. The molecule has 7 heteroatoms. The summed E-state index contributed by atoms with van der Waals surface area (Å²) >= 11 is 0. The fourth-order valence-electron chi connectivity index (χ4n) is 0.762. The summed E-state index contributed by atoms with van der Waals surface area (Å²) in [7, 11) is -1.99. The van der Waals surface area contributed by atoms with Crippen LogP contribution in [-0.2, 0) is 23.1 Å². The molecule has 13 heavy (non-hydrogen) atoms. The number of hydrogen-bond donors (Lipinski definition) is 1. The Balaban J connectivity index is 1.91. The molecule has 0 aromatic carbocycles. The van der Waals surface area contributed by atoms with Crippen LogP contribution < -0.4 is 0 Å². The minimum absolute atomic E-state index is 0.00506. The summed E-state index contributed by atoms with van der Waals surface area (Å²) in [6, 6.07) is 0. The molecule has 0 aromatic rings. The maximum Gasteiger partial charge on any atom is 0.700 e. The summed E-state index contributed by atoms with van der Waals surface area (Å²) in [5.41, 5.74) is 0. The molecule has 1 fully saturated rings. The molecule has 2 atom stereocenters. The fourth-order valence-corrected chi connectivity index (χ4v) is 1.38. The maximum atomic E-state index is 10.5. The second kappa shape index (κ2) is 6.37. The van der Waals surface area contributed by atoms with Gasteiger partial charge in [-0.25, -0.2) is 0 Å². The molecule has 0 spiro atoms. The third-order valence-corrected chi connectivity index (χ3v) is 2.05. The molecule has 0 aliphatic carbocycles. The predicted octanol–water partition coefficient (Wildman–Crippen LogP) is 0.0422. The van der Waals surface area contributed by atoms with Gasteiger partial charge in [0.1, 0.15) is 0 Å². The van der Waals surface area contributed by atoms with Crippen molar-refractivity contribution >= 4 is 8.25 Å². The van der Waals surface area contributed by atoms with Gasteiger partial charge in [-0.1, -0.05) is 4.52 Å². The molecule has 1 aliphatic rings. The molecule has 6 nitrogen and oxygen atoms in total. The molecule has 0 amide bonds. The van der Waals surface area contributed by atoms with Gasteiger partial charge < -0.3 is 14.6 Å². The van der Waals surface area contributed by atoms with E-state index in [-0.39, 0.29) is 13.2 Å². The smallest absolute Gasteiger partial charge is 0.394 e. The summed E-state index contributed by atoms with van der Waals surface area (Å²) in [6.07, 6.45) is -0.554. The summed E-state index contributed by atoms with van der Waals surface area (Å²) in [5.74, 6) is 0. The van der Waals surface area contributed by atoms with Crippen LogP contribution in [-0.4, -0.2) is 44.4 Å². The zero-order valence-corrected chi connectivity index (χ0v) is 7.94. The lowest BCUT2D eigenvalue weighted by Crippen LogP contribution is -2.17. The van der Waals surface area contributed by atoms with E-state index in [0.717, 1.165) is 0 Å². The van der Waals surface area contributed by atoms with Crippen LogP contribution in [0.4, 0.5) is 0 Å². The minimum Gasteiger partial charge on any atom is -0.394 e. The Labute approximate surface area is 76.7 Å². The second-order valence-electron chi connectivity index (χ2n) is 2.26. The van der Waals surface area contributed by atoms with E-state index in [2.05, 4.69) is 4.52 Å². The molecule has 0 radical (unpaired) electrons. The van der Waals surface area contributed by atoms with Crippen LogP contribution >= 0.6 is 8.25 Å². The summed E-state index contributed by atoms with van der Waals surface area (Å²) in [6.45, 7) is 1.18. The average molecular weight is 211 g/mol. The number of aliphatic hydroxyl groups is 1. The number of rotatable bonds is 6. The molecule has 0 aromatic heterocycles. The van der Waals surface area contributed by atoms with Crippen molar-refractivity contribution < 1.29 is 28.2 Å². The lowest BCUT2D eigenvalue weighted by molar-refractivity contribution is -0.0843. The third-order valence-electron chi connectivity index (χ3n) is 1.29. The van der Waals surface area contributed by atoms with Crippen LogP contribution in [0.15, 0.2) is 0 Å². The van der Waals surface area contributed by atoms with Crippen LogP contribution in [0.3, 0.4) is 0 Å². The van der Waals surface area contributed by atoms with Crippen LogP contribution in [0.1, 0.15) is 0 Å². The molecule has 76 valence electrons. The first-order valence-corrected chi connectivity index (χ1v) is 4.99. The minimum atomic E-state index is -1.99. The van der Waals surface area contributed by atoms with Gasteiger partial charge in [-0.2, -0.15) is 0 Å². The van der Waals surface area contributed by atoms with Crippen LogP contribution in [0.25, 0.3) is 0 Å². The highest BCUT2D eigenvalue weighted by Crippen LogP contribution is 2.33. The van der Waals surface area contributed by atoms with Gasteiger partial charge in [-0.05, 0) is 0 Å². The Morgan fingerprint density at radius 1 is 1.46 bits per heavy atom. The van der Waals surface area contributed by atoms with Gasteiger partial charge in [-0.15, -0.1) is 4.52 Å². The molecule has 1 aliphatic heterocycles. The topological polar surface area (TPSA) is 74.2 Å². The number of ether oxygens (including phenoxy) is 2. The van der Waals surface area contributed by atoms with E-state index in [9.17, 15) is 4.57 Å². The lowest BCUT2D eigenvalue weighted by Gasteiger charge is -2.04. The van der Waals surface area contributed by atoms with Gasteiger partial charge in [-0.3, -0.25) is 0 Å². The summed E-state index contributed by atoms with van der Waals surface area (Å²) in [4.78, 5) is 0. The van der Waals surface area contributed by atoms with E-state index in [1.54, 1.807) is 0 Å². The standard InChI is InChI=1S/C6H12O6P/c7-1-2-9-3-4-10-6-5-11-13(8)12-6/h6-7H,1-5H2/q+1. The van der Waals surface area contributed by atoms with E-state index < -0.39 is 14.5 Å². The largest absolute Gasteiger partial charge is 0.700 e. The Hall–Kier alpha value is -0.100. The first-order valence-electron chi connectivity index (χ1n) is 3.90. The van der Waals surface area contributed by atoms with Crippen molar-refractivity contribution in [3.8, 4) is 0 Å². The predicted molar refractivity (Wildman–Crippen MR) is 42.3 cm³/mol. The molecule has 1 saturated heterocycles. The highest BCUT2D eigenvalue weighted by atomic mass is 31.1. The van der Waals surface area contributed by atoms with Crippen molar-refractivity contribution in [1.82, 2.24) is 0 Å². The Bertz CT molecular complexity index is 163. The summed E-state index contributed by atoms with van der Waals surface area (Å²) < 4.78 is 29.9. The molecule has 0 saturated carbocycles. The normalized spacial score (nSPS) is 25.3. The first-order chi connectivity index (χ1) is 6.33. The van der Waals surface area contributed by atoms with Crippen LogP contribution in [0.2, 0.25) is 0 Å². The molecule has 2 unspecified atom stereocenters. The number of aliphatic hydroxyl groups excluding tert-OH is 1. The monoisotopic (exact) mass is 211 g/mol. The highest BCUT2D eigenvalue weighted by Gasteiger charge is 2.38. The van der Waals surface area contributed by atoms with E-state index >= 15 is 0 Å². The van der Waals surface area contributed by atoms with Crippen molar-refractivity contribution in [1.29, 1.82) is 0 Å². The van der Waals surface area contributed by atoms with E-state index in [1.165, 1.54) is 0 Å². The maximum absolute atomic E-state index is 10.5. The van der Waals surface area contributed by atoms with Crippen molar-refractivity contribution in [3.05, 3.63) is 0 Å². The van der Waals surface area contributed by atoms with E-state index in [4.69, 9.17) is 19.1 Å². The van der Waals surface area contributed by atoms with E-state index in [0.29, 0.717) is 19.8 Å². The third kappa shape index (κ3) is 4.61. The average Bonchev–Trinajstić information content (AvgIpc) is 2.51. The molecular formula is C6H12O6P+. The number of hydrogen-bond acceptors (Lipinski definition) is 6. The zero-order valence-electron chi connectivity index (χ0n) is 7.05. The summed E-state index contributed by atoms with van der Waals surface area (Å²) in [5, 5.41) is 8.36. The van der Waals surface area contributed by atoms with Crippen molar-refractivity contribution in [2.45, 2.75) is 6.29 Å².